The number of hydrogen-bond acceptors (Lipinski definition) is 15. The molecule has 2 aromatic carbocycles. The van der Waals surface area contributed by atoms with Gasteiger partial charge in [-0.2, -0.15) is 0 Å². The fourth-order valence-corrected chi connectivity index (χ4v) is 9.42. The summed E-state index contributed by atoms with van der Waals surface area (Å²) in [5.41, 5.74) is 4.25. The summed E-state index contributed by atoms with van der Waals surface area (Å²) in [7, 11) is -7.66. The van der Waals surface area contributed by atoms with Crippen LogP contribution in [0.2, 0.25) is 25.6 Å². The summed E-state index contributed by atoms with van der Waals surface area (Å²) in [6.07, 6.45) is 5.61. The molecule has 7 rings (SSSR count). The van der Waals surface area contributed by atoms with Crippen molar-refractivity contribution >= 4 is 75.9 Å². The third kappa shape index (κ3) is 13.5. The van der Waals surface area contributed by atoms with Gasteiger partial charge in [0.1, 0.15) is 26.6 Å². The number of nitrogens with zero attached hydrogens (tertiary/aromatic N) is 8. The van der Waals surface area contributed by atoms with Gasteiger partial charge in [0, 0.05) is 86.8 Å². The molecule has 3 aliphatic heterocycles. The maximum absolute atomic E-state index is 14.0. The molecule has 0 saturated carbocycles. The fourth-order valence-electron chi connectivity index (χ4n) is 7.78. The Morgan fingerprint density at radius 3 is 1.38 bits per heavy atom. The third-order valence-electron chi connectivity index (χ3n) is 11.5. The van der Waals surface area contributed by atoms with E-state index in [4.69, 9.17) is 25.3 Å². The van der Waals surface area contributed by atoms with E-state index in [-0.39, 0.29) is 43.2 Å². The van der Waals surface area contributed by atoms with Crippen LogP contribution in [-0.2, 0) is 33.4 Å². The third-order valence-corrected chi connectivity index (χ3v) is 14.1. The quantitative estimate of drug-likeness (QED) is 0.135. The van der Waals surface area contributed by atoms with Crippen LogP contribution in [0.15, 0.2) is 58.6 Å². The zero-order chi connectivity index (χ0) is 48.1. The van der Waals surface area contributed by atoms with Crippen molar-refractivity contribution < 1.29 is 39.3 Å². The summed E-state index contributed by atoms with van der Waals surface area (Å²) in [5.74, 6) is 0.494. The summed E-state index contributed by atoms with van der Waals surface area (Å²) in [6, 6.07) is 8.81. The Bertz CT molecular complexity index is 2340. The molecule has 23 heteroatoms. The molecule has 3 saturated heterocycles. The first kappa shape index (κ1) is 51.9. The molecule has 3 fully saturated rings. The second kappa shape index (κ2) is 21.7. The minimum absolute atomic E-state index is 0.0965. The molecule has 0 radical (unpaired) electrons. The summed E-state index contributed by atoms with van der Waals surface area (Å²) in [6.45, 7) is 23.9. The molecular formula is C42H60B3ClF2N8O7S2. The zero-order valence-electron chi connectivity index (χ0n) is 39.3. The SMILES string of the molecule is CB1OB(C)OB(C)O1.Cc1cnc(N2CCN(c3ccc(F)c(S(C)(=O)=O)c3)C[C@H]2C(C)C)nc1C.Cc1cnc(N2CCN(c3ccc(F)c(S(C)(=O)=O)c3)C[C@H]2C(C)C)nc1Cl. The molecule has 4 aromatic rings. The predicted octanol–water partition coefficient (Wildman–Crippen LogP) is 6.72. The van der Waals surface area contributed by atoms with Crippen molar-refractivity contribution in [2.45, 2.75) is 90.8 Å². The van der Waals surface area contributed by atoms with E-state index in [0.717, 1.165) is 35.3 Å². The van der Waals surface area contributed by atoms with Gasteiger partial charge in [-0.15, -0.1) is 0 Å². The predicted molar refractivity (Wildman–Crippen MR) is 257 cm³/mol. The number of hydrogen-bond donors (Lipinski definition) is 0. The van der Waals surface area contributed by atoms with Gasteiger partial charge >= 0.3 is 21.4 Å². The fraction of sp³-hybridized carbons (Fsp3) is 0.524. The molecule has 0 N–H and O–H groups in total. The molecule has 0 unspecified atom stereocenters. The number of aromatic nitrogens is 4. The van der Waals surface area contributed by atoms with Crippen LogP contribution in [0.3, 0.4) is 0 Å². The normalized spacial score (nSPS) is 18.4. The maximum Gasteiger partial charge on any atom is 0.426 e. The van der Waals surface area contributed by atoms with Gasteiger partial charge in [-0.25, -0.2) is 45.6 Å². The van der Waals surface area contributed by atoms with Crippen LogP contribution in [0.1, 0.15) is 44.5 Å². The molecule has 0 spiro atoms. The zero-order valence-corrected chi connectivity index (χ0v) is 41.7. The topological polar surface area (TPSA) is 160 Å². The summed E-state index contributed by atoms with van der Waals surface area (Å²) >= 11 is 6.18. The van der Waals surface area contributed by atoms with E-state index in [9.17, 15) is 25.6 Å². The number of benzene rings is 2. The smallest absolute Gasteiger partial charge is 0.426 e. The Morgan fingerprint density at radius 1 is 0.646 bits per heavy atom. The first-order valence-electron chi connectivity index (χ1n) is 21.6. The average molecular weight is 959 g/mol. The highest BCUT2D eigenvalue weighted by Gasteiger charge is 2.34. The number of aryl methyl sites for hydroxylation is 3. The van der Waals surface area contributed by atoms with Crippen LogP contribution < -0.4 is 19.6 Å². The Balaban J connectivity index is 0.000000205. The van der Waals surface area contributed by atoms with Gasteiger partial charge < -0.3 is 33.3 Å². The molecule has 352 valence electrons. The van der Waals surface area contributed by atoms with Crippen molar-refractivity contribution in [2.24, 2.45) is 11.8 Å². The van der Waals surface area contributed by atoms with Crippen molar-refractivity contribution in [1.82, 2.24) is 19.9 Å². The molecular weight excluding hydrogens is 899 g/mol. The number of sulfone groups is 2. The van der Waals surface area contributed by atoms with Gasteiger partial charge in [-0.3, -0.25) is 0 Å². The van der Waals surface area contributed by atoms with Crippen LogP contribution >= 0.6 is 11.6 Å². The number of rotatable bonds is 8. The first-order valence-corrected chi connectivity index (χ1v) is 25.8. The molecule has 0 bridgehead atoms. The molecule has 2 aromatic heterocycles. The van der Waals surface area contributed by atoms with E-state index >= 15 is 0 Å². The lowest BCUT2D eigenvalue weighted by Gasteiger charge is -2.44. The second-order valence-electron chi connectivity index (χ2n) is 17.4. The number of halogens is 3. The van der Waals surface area contributed by atoms with Gasteiger partial charge in [0.2, 0.25) is 11.9 Å². The summed E-state index contributed by atoms with van der Waals surface area (Å²) in [5, 5.41) is 0.436. The monoisotopic (exact) mass is 958 g/mol. The van der Waals surface area contributed by atoms with E-state index in [2.05, 4.69) is 67.2 Å². The molecule has 15 nitrogen and oxygen atoms in total. The van der Waals surface area contributed by atoms with E-state index in [1.54, 1.807) is 18.3 Å². The molecule has 65 heavy (non-hydrogen) atoms. The highest BCUT2D eigenvalue weighted by Crippen LogP contribution is 2.31. The first-order chi connectivity index (χ1) is 30.3. The van der Waals surface area contributed by atoms with Crippen molar-refractivity contribution in [3.8, 4) is 0 Å². The maximum atomic E-state index is 14.0. The van der Waals surface area contributed by atoms with Crippen LogP contribution in [0.25, 0.3) is 0 Å². The lowest BCUT2D eigenvalue weighted by atomic mass is 9.74. The van der Waals surface area contributed by atoms with Crippen LogP contribution in [0.5, 0.6) is 0 Å². The van der Waals surface area contributed by atoms with Crippen molar-refractivity contribution in [2.75, 3.05) is 71.4 Å². The standard InChI is InChI=1S/C20H27FN4O2S.C19H24ClFN4O2S.C3H9B3O3/c1-13(2)18-12-24(16-6-7-17(21)19(10-16)28(5,26)27)8-9-25(18)20-22-11-14(3)15(4)23-20;1-12(2)16-11-24(14-5-6-15(21)17(9-14)28(4,26)27)7-8-25(16)19-22-10-13(3)18(20)23-19;1-4-7-5(2)9-6(3)8-4/h6-7,10-11,13,18H,8-9,12H2,1-5H3;5-6,9-10,12,16H,7-8,11H2,1-4H3;1-3H3/t18-;16-;/m00./s1. The Labute approximate surface area is 389 Å². The highest BCUT2D eigenvalue weighted by molar-refractivity contribution is 7.91. The Hall–Kier alpha value is -4.08. The van der Waals surface area contributed by atoms with E-state index in [1.807, 2.05) is 47.4 Å². The molecule has 0 aliphatic carbocycles. The molecule has 5 heterocycles. The number of piperazine rings is 2. The largest absolute Gasteiger partial charge is 0.453 e. The highest BCUT2D eigenvalue weighted by atomic mass is 35.5. The van der Waals surface area contributed by atoms with Gasteiger partial charge in [-0.1, -0.05) is 39.3 Å². The van der Waals surface area contributed by atoms with E-state index < -0.39 is 31.3 Å². The molecule has 3 aliphatic rings. The van der Waals surface area contributed by atoms with E-state index in [0.29, 0.717) is 73.6 Å². The minimum atomic E-state index is -3.63. The molecule has 2 atom stereocenters. The minimum Gasteiger partial charge on any atom is -0.453 e. The van der Waals surface area contributed by atoms with Crippen LogP contribution in [-0.4, -0.2) is 122 Å². The second-order valence-corrected chi connectivity index (χ2v) is 21.7. The number of anilines is 4. The molecule has 0 amide bonds. The van der Waals surface area contributed by atoms with Crippen molar-refractivity contribution in [3.05, 3.63) is 82.4 Å². The average Bonchev–Trinajstić information content (AvgIpc) is 3.22. The van der Waals surface area contributed by atoms with Crippen LogP contribution in [0.4, 0.5) is 32.1 Å². The lowest BCUT2D eigenvalue weighted by molar-refractivity contribution is 0.294. The van der Waals surface area contributed by atoms with Gasteiger partial charge in [0.05, 0.1) is 12.1 Å². The van der Waals surface area contributed by atoms with Gasteiger partial charge in [0.25, 0.3) is 0 Å². The Kier molecular flexibility index (Phi) is 17.3. The van der Waals surface area contributed by atoms with Crippen LogP contribution in [0, 0.1) is 44.2 Å². The van der Waals surface area contributed by atoms with E-state index in [1.165, 1.54) is 24.3 Å². The van der Waals surface area contributed by atoms with Crippen molar-refractivity contribution in [3.63, 3.8) is 0 Å². The summed E-state index contributed by atoms with van der Waals surface area (Å²) < 4.78 is 90.7. The summed E-state index contributed by atoms with van der Waals surface area (Å²) in [4.78, 5) is 26.0. The van der Waals surface area contributed by atoms with Crippen molar-refractivity contribution in [1.29, 1.82) is 0 Å². The Morgan fingerprint density at radius 2 is 1.03 bits per heavy atom. The van der Waals surface area contributed by atoms with Gasteiger partial charge in [0.15, 0.2) is 19.7 Å². The van der Waals surface area contributed by atoms with Gasteiger partial charge in [-0.05, 0) is 95.0 Å². The lowest BCUT2D eigenvalue weighted by Crippen LogP contribution is -2.56.